The monoisotopic (exact) mass is 271 g/mol. The summed E-state index contributed by atoms with van der Waals surface area (Å²) in [5.74, 6) is 0.603. The molecule has 0 aromatic carbocycles. The third-order valence-corrected chi connectivity index (χ3v) is 3.68. The Kier molecular flexibility index (Phi) is 7.96. The second-order valence-corrected chi connectivity index (χ2v) is 6.60. The van der Waals surface area contributed by atoms with Crippen LogP contribution in [0.4, 0.5) is 0 Å². The lowest BCUT2D eigenvalue weighted by Gasteiger charge is -2.38. The molecule has 1 rings (SSSR count). The first-order chi connectivity index (χ1) is 9.04. The number of hydrogen-bond acceptors (Lipinski definition) is 3. The summed E-state index contributed by atoms with van der Waals surface area (Å²) in [4.78, 5) is 0. The molecule has 0 aliphatic heterocycles. The Morgan fingerprint density at radius 2 is 1.68 bits per heavy atom. The van der Waals surface area contributed by atoms with Crippen molar-refractivity contribution >= 4 is 0 Å². The van der Waals surface area contributed by atoms with Crippen LogP contribution in [-0.4, -0.2) is 38.0 Å². The van der Waals surface area contributed by atoms with Crippen LogP contribution >= 0.6 is 0 Å². The summed E-state index contributed by atoms with van der Waals surface area (Å²) in [6.45, 7) is 12.0. The van der Waals surface area contributed by atoms with Crippen molar-refractivity contribution in [2.24, 2.45) is 5.92 Å². The van der Waals surface area contributed by atoms with Gasteiger partial charge < -0.3 is 14.8 Å². The summed E-state index contributed by atoms with van der Waals surface area (Å²) < 4.78 is 11.8. The Bertz CT molecular complexity index is 223. The van der Waals surface area contributed by atoms with Crippen LogP contribution in [-0.2, 0) is 9.47 Å². The van der Waals surface area contributed by atoms with E-state index in [-0.39, 0.29) is 5.60 Å². The van der Waals surface area contributed by atoms with E-state index in [1.54, 1.807) is 0 Å². The third kappa shape index (κ3) is 7.28. The van der Waals surface area contributed by atoms with Gasteiger partial charge in [0.05, 0.1) is 18.8 Å². The Labute approximate surface area is 119 Å². The Balaban J connectivity index is 2.28. The largest absolute Gasteiger partial charge is 0.379 e. The highest BCUT2D eigenvalue weighted by Crippen LogP contribution is 2.31. The van der Waals surface area contributed by atoms with Crippen molar-refractivity contribution in [3.05, 3.63) is 0 Å². The van der Waals surface area contributed by atoms with E-state index >= 15 is 0 Å². The van der Waals surface area contributed by atoms with E-state index in [4.69, 9.17) is 9.47 Å². The fourth-order valence-corrected chi connectivity index (χ4v) is 2.59. The number of nitrogens with one attached hydrogen (secondary N) is 1. The van der Waals surface area contributed by atoms with Gasteiger partial charge in [-0.05, 0) is 18.8 Å². The maximum atomic E-state index is 6.22. The van der Waals surface area contributed by atoms with Gasteiger partial charge in [-0.3, -0.25) is 0 Å². The normalized spacial score (nSPS) is 19.3. The van der Waals surface area contributed by atoms with Crippen molar-refractivity contribution in [2.75, 3.05) is 26.4 Å². The zero-order valence-corrected chi connectivity index (χ0v) is 13.3. The predicted octanol–water partition coefficient (Wildman–Crippen LogP) is 3.38. The topological polar surface area (TPSA) is 30.5 Å². The van der Waals surface area contributed by atoms with Gasteiger partial charge in [0.1, 0.15) is 0 Å². The molecule has 114 valence electrons. The van der Waals surface area contributed by atoms with Gasteiger partial charge in [0.25, 0.3) is 0 Å². The Morgan fingerprint density at radius 3 is 2.26 bits per heavy atom. The van der Waals surface area contributed by atoms with E-state index in [0.29, 0.717) is 12.0 Å². The summed E-state index contributed by atoms with van der Waals surface area (Å²) in [5.41, 5.74) is 0.0592. The van der Waals surface area contributed by atoms with Crippen LogP contribution in [0.3, 0.4) is 0 Å². The number of hydrogen-bond donors (Lipinski definition) is 1. The van der Waals surface area contributed by atoms with E-state index in [0.717, 1.165) is 26.4 Å². The van der Waals surface area contributed by atoms with Crippen molar-refractivity contribution in [3.63, 3.8) is 0 Å². The minimum atomic E-state index is 0.0592. The van der Waals surface area contributed by atoms with Crippen LogP contribution in [0.15, 0.2) is 0 Å². The highest BCUT2D eigenvalue weighted by Gasteiger charge is 2.32. The van der Waals surface area contributed by atoms with Gasteiger partial charge in [0, 0.05) is 19.2 Å². The quantitative estimate of drug-likeness (QED) is 0.652. The maximum absolute atomic E-state index is 6.22. The van der Waals surface area contributed by atoms with Crippen molar-refractivity contribution < 1.29 is 9.47 Å². The fourth-order valence-electron chi connectivity index (χ4n) is 2.59. The molecule has 1 fully saturated rings. The molecule has 0 unspecified atom stereocenters. The summed E-state index contributed by atoms with van der Waals surface area (Å²) in [5, 5.41) is 3.55. The van der Waals surface area contributed by atoms with E-state index in [9.17, 15) is 0 Å². The van der Waals surface area contributed by atoms with E-state index < -0.39 is 0 Å². The van der Waals surface area contributed by atoms with Crippen molar-refractivity contribution in [3.8, 4) is 0 Å². The lowest BCUT2D eigenvalue weighted by Crippen LogP contribution is -2.47. The van der Waals surface area contributed by atoms with Crippen molar-refractivity contribution in [1.82, 2.24) is 5.32 Å². The van der Waals surface area contributed by atoms with Crippen LogP contribution in [0.2, 0.25) is 0 Å². The highest BCUT2D eigenvalue weighted by molar-refractivity contribution is 4.87. The minimum Gasteiger partial charge on any atom is -0.379 e. The van der Waals surface area contributed by atoms with E-state index in [1.165, 1.54) is 32.1 Å². The van der Waals surface area contributed by atoms with Crippen LogP contribution in [0.25, 0.3) is 0 Å². The molecule has 0 bridgehead atoms. The molecule has 0 heterocycles. The minimum absolute atomic E-state index is 0.0592. The third-order valence-electron chi connectivity index (χ3n) is 3.68. The zero-order valence-electron chi connectivity index (χ0n) is 13.3. The van der Waals surface area contributed by atoms with Gasteiger partial charge in [0.15, 0.2) is 0 Å². The predicted molar refractivity (Wildman–Crippen MR) is 80.6 cm³/mol. The molecule has 0 spiro atoms. The van der Waals surface area contributed by atoms with Gasteiger partial charge in [0.2, 0.25) is 0 Å². The van der Waals surface area contributed by atoms with Gasteiger partial charge >= 0.3 is 0 Å². The zero-order chi connectivity index (χ0) is 14.1. The molecule has 1 N–H and O–H groups in total. The Hall–Kier alpha value is -0.120. The van der Waals surface area contributed by atoms with Crippen molar-refractivity contribution in [2.45, 2.75) is 71.4 Å². The van der Waals surface area contributed by atoms with Gasteiger partial charge in [-0.25, -0.2) is 0 Å². The molecule has 3 heteroatoms. The summed E-state index contributed by atoms with van der Waals surface area (Å²) >= 11 is 0. The maximum Gasteiger partial charge on any atom is 0.0807 e. The standard InChI is InChI=1S/C16H33NO2/c1-14(2)12-18-10-11-19-16(13-17-15(3)4)8-6-5-7-9-16/h14-15,17H,5-13H2,1-4H3. The van der Waals surface area contributed by atoms with Gasteiger partial charge in [-0.1, -0.05) is 47.0 Å². The molecule has 0 aromatic heterocycles. The van der Waals surface area contributed by atoms with Crippen LogP contribution in [0, 0.1) is 5.92 Å². The van der Waals surface area contributed by atoms with Crippen LogP contribution in [0.1, 0.15) is 59.8 Å². The molecular formula is C16H33NO2. The number of rotatable bonds is 9. The summed E-state index contributed by atoms with van der Waals surface area (Å²) in [6.07, 6.45) is 6.34. The van der Waals surface area contributed by atoms with E-state index in [1.807, 2.05) is 0 Å². The molecule has 0 saturated heterocycles. The average molecular weight is 271 g/mol. The Morgan fingerprint density at radius 1 is 1.00 bits per heavy atom. The van der Waals surface area contributed by atoms with Crippen molar-refractivity contribution in [1.29, 1.82) is 0 Å². The molecule has 19 heavy (non-hydrogen) atoms. The smallest absolute Gasteiger partial charge is 0.0807 e. The second-order valence-electron chi connectivity index (χ2n) is 6.60. The SMILES string of the molecule is CC(C)COCCOC1(CNC(C)C)CCCCC1. The van der Waals surface area contributed by atoms with Crippen LogP contribution < -0.4 is 5.32 Å². The summed E-state index contributed by atoms with van der Waals surface area (Å²) in [6, 6.07) is 0.527. The van der Waals surface area contributed by atoms with Gasteiger partial charge in [-0.15, -0.1) is 0 Å². The second kappa shape index (κ2) is 8.93. The van der Waals surface area contributed by atoms with Crippen LogP contribution in [0.5, 0.6) is 0 Å². The molecule has 1 saturated carbocycles. The average Bonchev–Trinajstić information content (AvgIpc) is 2.37. The first-order valence-electron chi connectivity index (χ1n) is 7.99. The highest BCUT2D eigenvalue weighted by atomic mass is 16.5. The molecule has 0 amide bonds. The first-order valence-corrected chi connectivity index (χ1v) is 7.99. The molecule has 1 aliphatic carbocycles. The lowest BCUT2D eigenvalue weighted by molar-refractivity contribution is -0.0883. The molecule has 1 aliphatic rings. The molecule has 0 atom stereocenters. The van der Waals surface area contributed by atoms with Gasteiger partial charge in [-0.2, -0.15) is 0 Å². The van der Waals surface area contributed by atoms with E-state index in [2.05, 4.69) is 33.0 Å². The molecule has 0 radical (unpaired) electrons. The number of ether oxygens (including phenoxy) is 2. The molecule has 0 aromatic rings. The lowest BCUT2D eigenvalue weighted by atomic mass is 9.84. The molecular weight excluding hydrogens is 238 g/mol. The summed E-state index contributed by atoms with van der Waals surface area (Å²) in [7, 11) is 0. The molecule has 3 nitrogen and oxygen atoms in total. The first kappa shape index (κ1) is 16.9. The fraction of sp³-hybridized carbons (Fsp3) is 1.00.